The predicted molar refractivity (Wildman–Crippen MR) is 95.2 cm³/mol. The molecule has 0 aromatic heterocycles. The highest BCUT2D eigenvalue weighted by Crippen LogP contribution is 2.49. The SMILES string of the molecule is COC(=O)C1C(=O)C2=C(CC(C)(C)CC2=O)N2CCc3ccccc3[C@H]12. The Hall–Kier alpha value is -2.43. The molecular weight excluding hydrogens is 330 g/mol. The van der Waals surface area contributed by atoms with Gasteiger partial charge in [-0.1, -0.05) is 38.1 Å². The molecule has 3 aliphatic rings. The number of fused-ring (bicyclic) bond motifs is 4. The van der Waals surface area contributed by atoms with Crippen molar-refractivity contribution in [3.8, 4) is 0 Å². The van der Waals surface area contributed by atoms with E-state index in [0.717, 1.165) is 23.2 Å². The second kappa shape index (κ2) is 5.79. The fraction of sp³-hybridized carbons (Fsp3) is 0.476. The van der Waals surface area contributed by atoms with Crippen LogP contribution in [-0.4, -0.2) is 36.1 Å². The fourth-order valence-electron chi connectivity index (χ4n) is 4.74. The third-order valence-corrected chi connectivity index (χ3v) is 5.83. The minimum Gasteiger partial charge on any atom is -0.468 e. The molecule has 26 heavy (non-hydrogen) atoms. The van der Waals surface area contributed by atoms with Crippen LogP contribution in [0.5, 0.6) is 0 Å². The second-order valence-corrected chi connectivity index (χ2v) is 8.21. The molecule has 2 aliphatic heterocycles. The van der Waals surface area contributed by atoms with Crippen molar-refractivity contribution in [2.75, 3.05) is 13.7 Å². The van der Waals surface area contributed by atoms with E-state index < -0.39 is 11.9 Å². The molecule has 5 heteroatoms. The van der Waals surface area contributed by atoms with Gasteiger partial charge in [0.1, 0.15) is 5.92 Å². The summed E-state index contributed by atoms with van der Waals surface area (Å²) in [6.07, 6.45) is 1.84. The summed E-state index contributed by atoms with van der Waals surface area (Å²) in [7, 11) is 1.30. The maximum Gasteiger partial charge on any atom is 0.319 e. The molecule has 136 valence electrons. The van der Waals surface area contributed by atoms with Gasteiger partial charge in [-0.2, -0.15) is 0 Å². The van der Waals surface area contributed by atoms with E-state index in [1.54, 1.807) is 0 Å². The van der Waals surface area contributed by atoms with Crippen molar-refractivity contribution in [1.29, 1.82) is 0 Å². The molecule has 0 fully saturated rings. The summed E-state index contributed by atoms with van der Waals surface area (Å²) in [5.74, 6) is -2.06. The summed E-state index contributed by atoms with van der Waals surface area (Å²) >= 11 is 0. The number of rotatable bonds is 1. The number of ether oxygens (including phenoxy) is 1. The lowest BCUT2D eigenvalue weighted by molar-refractivity contribution is -0.152. The Balaban J connectivity index is 1.92. The Morgan fingerprint density at radius 1 is 1.19 bits per heavy atom. The van der Waals surface area contributed by atoms with Crippen molar-refractivity contribution >= 4 is 17.5 Å². The van der Waals surface area contributed by atoms with E-state index in [9.17, 15) is 14.4 Å². The average Bonchev–Trinajstić information content (AvgIpc) is 2.59. The minimum absolute atomic E-state index is 0.146. The number of carbonyl (C=O) groups excluding carboxylic acids is 3. The lowest BCUT2D eigenvalue weighted by Crippen LogP contribution is -2.52. The summed E-state index contributed by atoms with van der Waals surface area (Å²) in [6, 6.07) is 7.55. The van der Waals surface area contributed by atoms with Crippen molar-refractivity contribution in [2.24, 2.45) is 11.3 Å². The molecule has 1 aromatic carbocycles. The molecule has 0 amide bonds. The van der Waals surface area contributed by atoms with Crippen LogP contribution in [0.2, 0.25) is 0 Å². The van der Waals surface area contributed by atoms with Gasteiger partial charge in [0.05, 0.1) is 18.7 Å². The van der Waals surface area contributed by atoms with Crippen molar-refractivity contribution in [3.63, 3.8) is 0 Å². The molecule has 0 N–H and O–H groups in total. The number of hydrogen-bond acceptors (Lipinski definition) is 5. The van der Waals surface area contributed by atoms with E-state index in [1.807, 2.05) is 24.3 Å². The number of methoxy groups -OCH3 is 1. The molecule has 1 aliphatic carbocycles. The van der Waals surface area contributed by atoms with Crippen LogP contribution in [0.4, 0.5) is 0 Å². The van der Waals surface area contributed by atoms with Crippen LogP contribution >= 0.6 is 0 Å². The molecule has 2 heterocycles. The molecule has 2 atom stereocenters. The monoisotopic (exact) mass is 353 g/mol. The quantitative estimate of drug-likeness (QED) is 0.441. The molecule has 1 unspecified atom stereocenters. The standard InChI is InChI=1S/C21H23NO4/c1-21(2)10-14-16(15(23)11-21)19(24)17(20(25)26-3)18-13-7-5-4-6-12(13)8-9-22(14)18/h4-7,17-18H,8-11H2,1-3H3/t17?,18-/m1/s1. The van der Waals surface area contributed by atoms with Crippen molar-refractivity contribution in [1.82, 2.24) is 4.90 Å². The Morgan fingerprint density at radius 2 is 1.92 bits per heavy atom. The van der Waals surface area contributed by atoms with Crippen LogP contribution in [0.25, 0.3) is 0 Å². The first-order chi connectivity index (χ1) is 12.3. The summed E-state index contributed by atoms with van der Waals surface area (Å²) < 4.78 is 4.96. The van der Waals surface area contributed by atoms with E-state index in [-0.39, 0.29) is 28.6 Å². The highest BCUT2D eigenvalue weighted by atomic mass is 16.5. The van der Waals surface area contributed by atoms with E-state index in [0.29, 0.717) is 19.4 Å². The van der Waals surface area contributed by atoms with Gasteiger partial charge in [0.2, 0.25) is 0 Å². The normalized spacial score (nSPS) is 26.8. The number of esters is 1. The number of benzene rings is 1. The van der Waals surface area contributed by atoms with Crippen LogP contribution in [0.15, 0.2) is 35.5 Å². The Labute approximate surface area is 153 Å². The third kappa shape index (κ3) is 2.41. The summed E-state index contributed by atoms with van der Waals surface area (Å²) in [4.78, 5) is 40.7. The highest BCUT2D eigenvalue weighted by Gasteiger charge is 2.52. The molecule has 0 radical (unpaired) electrons. The number of hydrogen-bond donors (Lipinski definition) is 0. The second-order valence-electron chi connectivity index (χ2n) is 8.21. The van der Waals surface area contributed by atoms with Gasteiger partial charge in [-0.25, -0.2) is 0 Å². The van der Waals surface area contributed by atoms with Gasteiger partial charge in [-0.15, -0.1) is 0 Å². The maximum absolute atomic E-state index is 13.2. The lowest BCUT2D eigenvalue weighted by atomic mass is 9.68. The molecule has 0 saturated carbocycles. The maximum atomic E-state index is 13.2. The van der Waals surface area contributed by atoms with Gasteiger partial charge < -0.3 is 9.64 Å². The summed E-state index contributed by atoms with van der Waals surface area (Å²) in [5, 5.41) is 0. The van der Waals surface area contributed by atoms with Gasteiger partial charge in [0.15, 0.2) is 11.6 Å². The molecule has 0 bridgehead atoms. The molecule has 0 spiro atoms. The van der Waals surface area contributed by atoms with Gasteiger partial charge in [0, 0.05) is 18.7 Å². The molecule has 1 aromatic rings. The largest absolute Gasteiger partial charge is 0.468 e. The zero-order chi connectivity index (χ0) is 18.6. The number of nitrogens with zero attached hydrogens (tertiary/aromatic N) is 1. The van der Waals surface area contributed by atoms with Crippen LogP contribution in [0.1, 0.15) is 43.9 Å². The first kappa shape index (κ1) is 17.0. The van der Waals surface area contributed by atoms with E-state index in [4.69, 9.17) is 4.74 Å². The number of Topliss-reactive ketones (excluding diaryl/α,β-unsaturated/α-hetero) is 2. The minimum atomic E-state index is -0.981. The Kier molecular flexibility index (Phi) is 3.79. The number of carbonyl (C=O) groups is 3. The van der Waals surface area contributed by atoms with Crippen LogP contribution < -0.4 is 0 Å². The van der Waals surface area contributed by atoms with Gasteiger partial charge in [0.25, 0.3) is 0 Å². The molecular formula is C21H23NO4. The highest BCUT2D eigenvalue weighted by molar-refractivity contribution is 6.26. The molecule has 5 nitrogen and oxygen atoms in total. The van der Waals surface area contributed by atoms with Crippen LogP contribution in [-0.2, 0) is 25.5 Å². The van der Waals surface area contributed by atoms with Crippen molar-refractivity contribution in [3.05, 3.63) is 46.7 Å². The summed E-state index contributed by atoms with van der Waals surface area (Å²) in [6.45, 7) is 4.81. The molecule has 0 saturated heterocycles. The number of ketones is 2. The van der Waals surface area contributed by atoms with Crippen LogP contribution in [0, 0.1) is 11.3 Å². The average molecular weight is 353 g/mol. The van der Waals surface area contributed by atoms with Crippen molar-refractivity contribution in [2.45, 2.75) is 39.2 Å². The van der Waals surface area contributed by atoms with E-state index >= 15 is 0 Å². The zero-order valence-corrected chi connectivity index (χ0v) is 15.4. The Morgan fingerprint density at radius 3 is 2.65 bits per heavy atom. The van der Waals surface area contributed by atoms with Gasteiger partial charge in [-0.3, -0.25) is 14.4 Å². The summed E-state index contributed by atoms with van der Waals surface area (Å²) in [5.41, 5.74) is 3.01. The topological polar surface area (TPSA) is 63.7 Å². The van der Waals surface area contributed by atoms with E-state index in [1.165, 1.54) is 7.11 Å². The predicted octanol–water partition coefficient (Wildman–Crippen LogP) is 2.60. The van der Waals surface area contributed by atoms with E-state index in [2.05, 4.69) is 18.7 Å². The lowest BCUT2D eigenvalue weighted by Gasteiger charge is -2.49. The number of allylic oxidation sites excluding steroid dienone is 2. The van der Waals surface area contributed by atoms with Crippen LogP contribution in [0.3, 0.4) is 0 Å². The molecule has 4 rings (SSSR count). The van der Waals surface area contributed by atoms with Gasteiger partial charge in [-0.05, 0) is 29.4 Å². The van der Waals surface area contributed by atoms with Crippen molar-refractivity contribution < 1.29 is 19.1 Å². The smallest absolute Gasteiger partial charge is 0.319 e. The zero-order valence-electron chi connectivity index (χ0n) is 15.4. The third-order valence-electron chi connectivity index (χ3n) is 5.83. The Bertz CT molecular complexity index is 851. The first-order valence-electron chi connectivity index (χ1n) is 9.07. The fourth-order valence-corrected chi connectivity index (χ4v) is 4.74. The first-order valence-corrected chi connectivity index (χ1v) is 9.07. The van der Waals surface area contributed by atoms with Gasteiger partial charge >= 0.3 is 5.97 Å².